The molecule has 122 valence electrons. The molecule has 1 aliphatic heterocycles. The predicted octanol–water partition coefficient (Wildman–Crippen LogP) is 3.38. The minimum absolute atomic E-state index is 0.168. The summed E-state index contributed by atoms with van der Waals surface area (Å²) in [7, 11) is 1.38. The van der Waals surface area contributed by atoms with E-state index in [1.54, 1.807) is 11.3 Å². The molecule has 0 aromatic carbocycles. The highest BCUT2D eigenvalue weighted by Gasteiger charge is 2.46. The first-order valence-electron chi connectivity index (χ1n) is 7.69. The third kappa shape index (κ3) is 2.74. The van der Waals surface area contributed by atoms with Crippen LogP contribution in [0.1, 0.15) is 38.0 Å². The van der Waals surface area contributed by atoms with Gasteiger partial charge in [-0.05, 0) is 23.8 Å². The summed E-state index contributed by atoms with van der Waals surface area (Å²) in [6, 6.07) is 3.94. The topological polar surface area (TPSA) is 55.4 Å². The van der Waals surface area contributed by atoms with Gasteiger partial charge >= 0.3 is 5.97 Å². The first kappa shape index (κ1) is 16.0. The molecule has 2 heterocycles. The SMILES string of the molecule is COC(=O)C1=C(C)NC2=CC(C)(C)CC(=O)C2C1c1cccs1. The highest BCUT2D eigenvalue weighted by atomic mass is 32.1. The van der Waals surface area contributed by atoms with Gasteiger partial charge in [-0.1, -0.05) is 26.0 Å². The lowest BCUT2D eigenvalue weighted by atomic mass is 9.68. The molecule has 0 amide bonds. The summed E-state index contributed by atoms with van der Waals surface area (Å²) in [6.45, 7) is 5.99. The van der Waals surface area contributed by atoms with Crippen molar-refractivity contribution in [3.05, 3.63) is 45.4 Å². The first-order valence-corrected chi connectivity index (χ1v) is 8.57. The molecule has 0 spiro atoms. The highest BCUT2D eigenvalue weighted by Crippen LogP contribution is 2.47. The van der Waals surface area contributed by atoms with Crippen LogP contribution < -0.4 is 5.32 Å². The molecule has 0 bridgehead atoms. The van der Waals surface area contributed by atoms with Crippen LogP contribution in [-0.4, -0.2) is 18.9 Å². The van der Waals surface area contributed by atoms with Crippen LogP contribution in [0, 0.1) is 11.3 Å². The van der Waals surface area contributed by atoms with E-state index in [0.717, 1.165) is 16.3 Å². The average Bonchev–Trinajstić information content (AvgIpc) is 2.97. The summed E-state index contributed by atoms with van der Waals surface area (Å²) < 4.78 is 4.98. The number of carbonyl (C=O) groups excluding carboxylic acids is 2. The van der Waals surface area contributed by atoms with Crippen molar-refractivity contribution < 1.29 is 14.3 Å². The van der Waals surface area contributed by atoms with Gasteiger partial charge in [0.1, 0.15) is 5.78 Å². The lowest BCUT2D eigenvalue weighted by molar-refractivity contribution is -0.136. The van der Waals surface area contributed by atoms with Crippen LogP contribution in [0.15, 0.2) is 40.6 Å². The number of thiophene rings is 1. The zero-order chi connectivity index (χ0) is 16.8. The second-order valence-corrected chi connectivity index (χ2v) is 7.84. The van der Waals surface area contributed by atoms with Gasteiger partial charge in [0.15, 0.2) is 0 Å². The van der Waals surface area contributed by atoms with Gasteiger partial charge in [0.25, 0.3) is 0 Å². The molecule has 2 atom stereocenters. The number of fused-ring (bicyclic) bond motifs is 1. The van der Waals surface area contributed by atoms with Crippen molar-refractivity contribution in [2.45, 2.75) is 33.1 Å². The summed E-state index contributed by atoms with van der Waals surface area (Å²) in [5.74, 6) is -0.796. The van der Waals surface area contributed by atoms with Crippen molar-refractivity contribution in [1.29, 1.82) is 0 Å². The fourth-order valence-electron chi connectivity index (χ4n) is 3.62. The van der Waals surface area contributed by atoms with Crippen LogP contribution in [0.25, 0.3) is 0 Å². The molecule has 5 heteroatoms. The van der Waals surface area contributed by atoms with Crippen LogP contribution in [0.5, 0.6) is 0 Å². The Labute approximate surface area is 140 Å². The van der Waals surface area contributed by atoms with Gasteiger partial charge in [-0.25, -0.2) is 4.79 Å². The predicted molar refractivity (Wildman–Crippen MR) is 89.9 cm³/mol. The maximum absolute atomic E-state index is 12.9. The van der Waals surface area contributed by atoms with E-state index in [4.69, 9.17) is 4.74 Å². The first-order chi connectivity index (χ1) is 10.8. The standard InChI is InChI=1S/C18H21NO3S/c1-10-14(17(21)22-4)16(13-6-5-7-23-13)15-11(19-10)8-18(2,3)9-12(15)20/h5-8,15-16,19H,9H2,1-4H3. The van der Waals surface area contributed by atoms with Crippen LogP contribution in [0.2, 0.25) is 0 Å². The molecule has 0 saturated heterocycles. The number of ketones is 1. The molecule has 1 aromatic heterocycles. The third-order valence-electron chi connectivity index (χ3n) is 4.49. The van der Waals surface area contributed by atoms with E-state index in [0.29, 0.717) is 12.0 Å². The molecule has 0 saturated carbocycles. The molecule has 4 nitrogen and oxygen atoms in total. The van der Waals surface area contributed by atoms with Crippen LogP contribution in [0.4, 0.5) is 0 Å². The van der Waals surface area contributed by atoms with E-state index < -0.39 is 0 Å². The summed E-state index contributed by atoms with van der Waals surface area (Å²) in [5.41, 5.74) is 2.07. The molecular weight excluding hydrogens is 310 g/mol. The second-order valence-electron chi connectivity index (χ2n) is 6.86. The van der Waals surface area contributed by atoms with E-state index in [1.165, 1.54) is 7.11 Å². The molecule has 1 aliphatic carbocycles. The Morgan fingerprint density at radius 1 is 1.39 bits per heavy atom. The van der Waals surface area contributed by atoms with E-state index in [2.05, 4.69) is 25.2 Å². The molecule has 1 N–H and O–H groups in total. The van der Waals surface area contributed by atoms with Crippen LogP contribution >= 0.6 is 11.3 Å². The number of methoxy groups -OCH3 is 1. The number of hydrogen-bond acceptors (Lipinski definition) is 5. The molecule has 2 unspecified atom stereocenters. The summed E-state index contributed by atoms with van der Waals surface area (Å²) in [4.78, 5) is 26.2. The Morgan fingerprint density at radius 2 is 2.13 bits per heavy atom. The summed E-state index contributed by atoms with van der Waals surface area (Å²) >= 11 is 1.57. The number of ether oxygens (including phenoxy) is 1. The summed E-state index contributed by atoms with van der Waals surface area (Å²) in [6.07, 6.45) is 2.62. The zero-order valence-corrected chi connectivity index (χ0v) is 14.6. The number of allylic oxidation sites excluding steroid dienone is 3. The molecule has 23 heavy (non-hydrogen) atoms. The van der Waals surface area contributed by atoms with Gasteiger partial charge in [-0.15, -0.1) is 11.3 Å². The quantitative estimate of drug-likeness (QED) is 0.844. The van der Waals surface area contributed by atoms with Crippen molar-refractivity contribution in [3.8, 4) is 0 Å². The van der Waals surface area contributed by atoms with Gasteiger partial charge in [0.2, 0.25) is 0 Å². The van der Waals surface area contributed by atoms with Crippen molar-refractivity contribution in [3.63, 3.8) is 0 Å². The Morgan fingerprint density at radius 3 is 2.74 bits per heavy atom. The Kier molecular flexibility index (Phi) is 3.92. The smallest absolute Gasteiger partial charge is 0.336 e. The fraction of sp³-hybridized carbons (Fsp3) is 0.444. The number of nitrogens with one attached hydrogen (secondary N) is 1. The number of carbonyl (C=O) groups is 2. The fourth-order valence-corrected chi connectivity index (χ4v) is 4.49. The molecule has 3 rings (SSSR count). The lowest BCUT2D eigenvalue weighted by Gasteiger charge is -2.40. The largest absolute Gasteiger partial charge is 0.466 e. The van der Waals surface area contributed by atoms with Crippen molar-refractivity contribution in [1.82, 2.24) is 5.32 Å². The average molecular weight is 331 g/mol. The molecule has 0 radical (unpaired) electrons. The van der Waals surface area contributed by atoms with Crippen molar-refractivity contribution >= 4 is 23.1 Å². The van der Waals surface area contributed by atoms with Gasteiger partial charge in [-0.3, -0.25) is 4.79 Å². The van der Waals surface area contributed by atoms with Crippen molar-refractivity contribution in [2.24, 2.45) is 11.3 Å². The van der Waals surface area contributed by atoms with Crippen molar-refractivity contribution in [2.75, 3.05) is 7.11 Å². The Balaban J connectivity index is 2.19. The van der Waals surface area contributed by atoms with E-state index in [9.17, 15) is 9.59 Å². The van der Waals surface area contributed by atoms with Gasteiger partial charge in [0, 0.05) is 28.6 Å². The number of Topliss-reactive ketones (excluding diaryl/α,β-unsaturated/α-hetero) is 1. The molecule has 1 aromatic rings. The monoisotopic (exact) mass is 331 g/mol. The summed E-state index contributed by atoms with van der Waals surface area (Å²) in [5, 5.41) is 5.26. The third-order valence-corrected chi connectivity index (χ3v) is 5.45. The Hall–Kier alpha value is -1.88. The van der Waals surface area contributed by atoms with Gasteiger partial charge in [-0.2, -0.15) is 0 Å². The molecular formula is C18H21NO3S. The number of rotatable bonds is 2. The minimum Gasteiger partial charge on any atom is -0.466 e. The lowest BCUT2D eigenvalue weighted by Crippen LogP contribution is -2.43. The maximum Gasteiger partial charge on any atom is 0.336 e. The van der Waals surface area contributed by atoms with E-state index >= 15 is 0 Å². The van der Waals surface area contributed by atoms with Gasteiger partial charge in [0.05, 0.1) is 18.6 Å². The number of esters is 1. The Bertz CT molecular complexity index is 713. The molecule has 2 aliphatic rings. The normalized spacial score (nSPS) is 26.3. The second kappa shape index (κ2) is 5.64. The van der Waals surface area contributed by atoms with Gasteiger partial charge < -0.3 is 10.1 Å². The number of hydrogen-bond donors (Lipinski definition) is 1. The zero-order valence-electron chi connectivity index (χ0n) is 13.8. The highest BCUT2D eigenvalue weighted by molar-refractivity contribution is 7.10. The molecule has 0 fully saturated rings. The van der Waals surface area contributed by atoms with E-state index in [-0.39, 0.29) is 29.0 Å². The maximum atomic E-state index is 12.9. The van der Waals surface area contributed by atoms with Crippen LogP contribution in [-0.2, 0) is 14.3 Å². The minimum atomic E-state index is -0.370. The van der Waals surface area contributed by atoms with Crippen LogP contribution in [0.3, 0.4) is 0 Å². The van der Waals surface area contributed by atoms with E-state index in [1.807, 2.05) is 24.4 Å².